The van der Waals surface area contributed by atoms with Crippen molar-refractivity contribution in [3.05, 3.63) is 23.5 Å². The van der Waals surface area contributed by atoms with Gasteiger partial charge in [0.05, 0.1) is 0 Å². The molecule has 0 aliphatic rings. The fourth-order valence-corrected chi connectivity index (χ4v) is 2.23. The lowest BCUT2D eigenvalue weighted by molar-refractivity contribution is 1.23. The topological polar surface area (TPSA) is 25.8 Å². The molecule has 0 bridgehead atoms. The van der Waals surface area contributed by atoms with E-state index >= 15 is 0 Å². The maximum atomic E-state index is 4.14. The molecule has 2 nitrogen and oxygen atoms in total. The first-order valence-corrected chi connectivity index (χ1v) is 5.08. The van der Waals surface area contributed by atoms with Gasteiger partial charge in [-0.1, -0.05) is 15.9 Å². The summed E-state index contributed by atoms with van der Waals surface area (Å²) >= 11 is 5.10. The van der Waals surface area contributed by atoms with Gasteiger partial charge >= 0.3 is 0 Å². The molecule has 0 atom stereocenters. The molecule has 2 aromatic heterocycles. The van der Waals surface area contributed by atoms with E-state index < -0.39 is 0 Å². The van der Waals surface area contributed by atoms with Crippen molar-refractivity contribution in [2.45, 2.75) is 5.33 Å². The first kappa shape index (κ1) is 7.18. The van der Waals surface area contributed by atoms with Crippen molar-refractivity contribution < 1.29 is 0 Å². The summed E-state index contributed by atoms with van der Waals surface area (Å²) < 4.78 is 0. The van der Waals surface area contributed by atoms with Crippen LogP contribution in [-0.2, 0) is 5.33 Å². The predicted octanol–water partition coefficient (Wildman–Crippen LogP) is 2.59. The first-order chi connectivity index (χ1) is 5.40. The molecule has 0 spiro atoms. The summed E-state index contributed by atoms with van der Waals surface area (Å²) in [6, 6.07) is 2.11. The summed E-state index contributed by atoms with van der Waals surface area (Å²) in [5, 5.41) is 2.03. The number of thiophene rings is 1. The normalized spacial score (nSPS) is 10.6. The summed E-state index contributed by atoms with van der Waals surface area (Å²) in [4.78, 5) is 10.4. The van der Waals surface area contributed by atoms with Crippen LogP contribution in [0.1, 0.15) is 4.88 Å². The minimum Gasteiger partial charge on any atom is -0.244 e. The lowest BCUT2D eigenvalue weighted by atomic mass is 10.4. The van der Waals surface area contributed by atoms with Gasteiger partial charge in [-0.25, -0.2) is 9.97 Å². The molecule has 0 fully saturated rings. The van der Waals surface area contributed by atoms with E-state index in [4.69, 9.17) is 0 Å². The molecule has 0 saturated heterocycles. The Balaban J connectivity index is 2.69. The zero-order valence-corrected chi connectivity index (χ0v) is 8.02. The Labute approximate surface area is 76.4 Å². The molecular formula is C7H5BrN2S. The van der Waals surface area contributed by atoms with E-state index in [0.29, 0.717) is 0 Å². The van der Waals surface area contributed by atoms with Crippen molar-refractivity contribution in [1.82, 2.24) is 9.97 Å². The van der Waals surface area contributed by atoms with Crippen LogP contribution in [0.25, 0.3) is 10.2 Å². The number of hydrogen-bond acceptors (Lipinski definition) is 3. The van der Waals surface area contributed by atoms with Crippen molar-refractivity contribution in [2.24, 2.45) is 0 Å². The van der Waals surface area contributed by atoms with Crippen LogP contribution in [0.2, 0.25) is 0 Å². The highest BCUT2D eigenvalue weighted by Crippen LogP contribution is 2.23. The van der Waals surface area contributed by atoms with E-state index in [0.717, 1.165) is 15.5 Å². The predicted molar refractivity (Wildman–Crippen MR) is 50.0 cm³/mol. The smallest absolute Gasteiger partial charge is 0.126 e. The average molecular weight is 229 g/mol. The van der Waals surface area contributed by atoms with Crippen LogP contribution in [-0.4, -0.2) is 9.97 Å². The Morgan fingerprint density at radius 3 is 3.18 bits per heavy atom. The van der Waals surface area contributed by atoms with Crippen LogP contribution >= 0.6 is 27.3 Å². The third-order valence-corrected chi connectivity index (χ3v) is 3.41. The molecule has 2 aromatic rings. The minimum absolute atomic E-state index is 0.897. The molecule has 11 heavy (non-hydrogen) atoms. The second kappa shape index (κ2) is 2.87. The fourth-order valence-electron chi connectivity index (χ4n) is 0.906. The van der Waals surface area contributed by atoms with Crippen molar-refractivity contribution in [2.75, 3.05) is 0 Å². The van der Waals surface area contributed by atoms with Gasteiger partial charge in [-0.05, 0) is 6.07 Å². The van der Waals surface area contributed by atoms with Gasteiger partial charge in [-0.2, -0.15) is 0 Å². The van der Waals surface area contributed by atoms with Crippen molar-refractivity contribution in [3.8, 4) is 0 Å². The van der Waals surface area contributed by atoms with Crippen molar-refractivity contribution in [1.29, 1.82) is 0 Å². The average Bonchev–Trinajstić information content (AvgIpc) is 2.46. The Bertz CT molecular complexity index is 338. The molecule has 0 N–H and O–H groups in total. The monoisotopic (exact) mass is 228 g/mol. The van der Waals surface area contributed by atoms with Crippen LogP contribution in [0.4, 0.5) is 0 Å². The molecule has 4 heteroatoms. The summed E-state index contributed by atoms with van der Waals surface area (Å²) in [5.41, 5.74) is 0. The van der Waals surface area contributed by atoms with E-state index in [2.05, 4.69) is 32.0 Å². The van der Waals surface area contributed by atoms with Gasteiger partial charge in [0.25, 0.3) is 0 Å². The molecule has 0 radical (unpaired) electrons. The molecular weight excluding hydrogens is 224 g/mol. The van der Waals surface area contributed by atoms with E-state index in [1.54, 1.807) is 17.7 Å². The maximum Gasteiger partial charge on any atom is 0.126 e. The largest absolute Gasteiger partial charge is 0.244 e. The zero-order valence-electron chi connectivity index (χ0n) is 5.62. The van der Waals surface area contributed by atoms with Crippen LogP contribution in [0.5, 0.6) is 0 Å². The number of rotatable bonds is 1. The van der Waals surface area contributed by atoms with Gasteiger partial charge in [-0.15, -0.1) is 11.3 Å². The highest BCUT2D eigenvalue weighted by Gasteiger charge is 1.99. The lowest BCUT2D eigenvalue weighted by Gasteiger charge is -1.81. The minimum atomic E-state index is 0.897. The summed E-state index contributed by atoms with van der Waals surface area (Å²) in [6.45, 7) is 0. The standard InChI is InChI=1S/C7H5BrN2S/c8-2-6-1-5-3-9-4-10-7(5)11-6/h1,3-4H,2H2. The molecule has 2 heterocycles. The number of nitrogens with zero attached hydrogens (tertiary/aromatic N) is 2. The number of hydrogen-bond donors (Lipinski definition) is 0. The van der Waals surface area contributed by atoms with Crippen LogP contribution in [0.15, 0.2) is 18.6 Å². The maximum absolute atomic E-state index is 4.14. The summed E-state index contributed by atoms with van der Waals surface area (Å²) in [7, 11) is 0. The fraction of sp³-hybridized carbons (Fsp3) is 0.143. The van der Waals surface area contributed by atoms with E-state index in [1.807, 2.05) is 6.20 Å². The summed E-state index contributed by atoms with van der Waals surface area (Å²) in [5.74, 6) is 0. The van der Waals surface area contributed by atoms with E-state index in [1.165, 1.54) is 4.88 Å². The Kier molecular flexibility index (Phi) is 1.87. The van der Waals surface area contributed by atoms with Gasteiger partial charge in [-0.3, -0.25) is 0 Å². The van der Waals surface area contributed by atoms with Crippen molar-refractivity contribution >= 4 is 37.5 Å². The van der Waals surface area contributed by atoms with Crippen molar-refractivity contribution in [3.63, 3.8) is 0 Å². The van der Waals surface area contributed by atoms with Gasteiger partial charge in [0, 0.05) is 21.8 Å². The lowest BCUT2D eigenvalue weighted by Crippen LogP contribution is -1.71. The molecule has 0 amide bonds. The van der Waals surface area contributed by atoms with Crippen LogP contribution in [0, 0.1) is 0 Å². The number of aromatic nitrogens is 2. The zero-order chi connectivity index (χ0) is 7.68. The Morgan fingerprint density at radius 1 is 1.55 bits per heavy atom. The molecule has 2 rings (SSSR count). The third-order valence-electron chi connectivity index (χ3n) is 1.38. The van der Waals surface area contributed by atoms with Gasteiger partial charge < -0.3 is 0 Å². The molecule has 0 aromatic carbocycles. The molecule has 56 valence electrons. The molecule has 0 unspecified atom stereocenters. The van der Waals surface area contributed by atoms with Crippen LogP contribution in [0.3, 0.4) is 0 Å². The third kappa shape index (κ3) is 1.28. The summed E-state index contributed by atoms with van der Waals surface area (Å²) in [6.07, 6.45) is 3.42. The molecule has 0 saturated carbocycles. The Hall–Kier alpha value is -0.480. The Morgan fingerprint density at radius 2 is 2.45 bits per heavy atom. The highest BCUT2D eigenvalue weighted by atomic mass is 79.9. The molecule has 0 aliphatic carbocycles. The molecule has 0 aliphatic heterocycles. The first-order valence-electron chi connectivity index (χ1n) is 3.14. The van der Waals surface area contributed by atoms with E-state index in [-0.39, 0.29) is 0 Å². The number of alkyl halides is 1. The van der Waals surface area contributed by atoms with Gasteiger partial charge in [0.1, 0.15) is 11.2 Å². The second-order valence-electron chi connectivity index (χ2n) is 2.13. The second-order valence-corrected chi connectivity index (χ2v) is 3.81. The highest BCUT2D eigenvalue weighted by molar-refractivity contribution is 9.08. The van der Waals surface area contributed by atoms with Gasteiger partial charge in [0.15, 0.2) is 0 Å². The van der Waals surface area contributed by atoms with Crippen LogP contribution < -0.4 is 0 Å². The number of halogens is 1. The van der Waals surface area contributed by atoms with Gasteiger partial charge in [0.2, 0.25) is 0 Å². The SMILES string of the molecule is BrCc1cc2cncnc2s1. The van der Waals surface area contributed by atoms with E-state index in [9.17, 15) is 0 Å². The number of fused-ring (bicyclic) bond motifs is 1. The quantitative estimate of drug-likeness (QED) is 0.702.